The van der Waals surface area contributed by atoms with Crippen molar-refractivity contribution < 1.29 is 9.13 Å². The highest BCUT2D eigenvalue weighted by Crippen LogP contribution is 2.12. The van der Waals surface area contributed by atoms with Crippen LogP contribution in [0.1, 0.15) is 12.6 Å². The Hall–Kier alpha value is -0.740. The highest BCUT2D eigenvalue weighted by atomic mass is 35.5. The lowest BCUT2D eigenvalue weighted by atomic mass is 10.4. The van der Waals surface area contributed by atoms with Gasteiger partial charge < -0.3 is 4.74 Å². The molecule has 12 heavy (non-hydrogen) atoms. The number of nitrogens with zero attached hydrogens (tertiary/aromatic N) is 2. The summed E-state index contributed by atoms with van der Waals surface area (Å²) in [6.07, 6.45) is 1.21. The fourth-order valence-electron chi connectivity index (χ4n) is 0.681. The third-order valence-electron chi connectivity index (χ3n) is 1.26. The third kappa shape index (κ3) is 2.12. The average Bonchev–Trinajstić information content (AvgIpc) is 2.08. The summed E-state index contributed by atoms with van der Waals surface area (Å²) in [5.41, 5.74) is 0.192. The number of hydrogen-bond donors (Lipinski definition) is 0. The van der Waals surface area contributed by atoms with E-state index in [0.717, 1.165) is 0 Å². The zero-order chi connectivity index (χ0) is 8.97. The number of rotatable bonds is 3. The lowest BCUT2D eigenvalue weighted by Crippen LogP contribution is -2.00. The maximum absolute atomic E-state index is 13.0. The van der Waals surface area contributed by atoms with E-state index in [0.29, 0.717) is 6.61 Å². The van der Waals surface area contributed by atoms with E-state index < -0.39 is 5.82 Å². The Morgan fingerprint density at radius 1 is 1.58 bits per heavy atom. The van der Waals surface area contributed by atoms with Crippen molar-refractivity contribution in [2.24, 2.45) is 0 Å². The molecule has 0 bridgehead atoms. The number of aromatic nitrogens is 2. The van der Waals surface area contributed by atoms with Gasteiger partial charge in [-0.1, -0.05) is 11.6 Å². The zero-order valence-electron chi connectivity index (χ0n) is 6.55. The molecule has 0 N–H and O–H groups in total. The highest BCUT2D eigenvalue weighted by Gasteiger charge is 2.07. The summed E-state index contributed by atoms with van der Waals surface area (Å²) in [4.78, 5) is 7.15. The van der Waals surface area contributed by atoms with Crippen LogP contribution < -0.4 is 0 Å². The molecule has 1 aromatic heterocycles. The van der Waals surface area contributed by atoms with Crippen LogP contribution in [0.15, 0.2) is 6.33 Å². The molecule has 0 aromatic carbocycles. The monoisotopic (exact) mass is 190 g/mol. The molecule has 5 heteroatoms. The predicted octanol–water partition coefficient (Wildman–Crippen LogP) is 1.81. The molecule has 0 fully saturated rings. The average molecular weight is 191 g/mol. The molecule has 3 nitrogen and oxygen atoms in total. The zero-order valence-corrected chi connectivity index (χ0v) is 7.31. The van der Waals surface area contributed by atoms with Gasteiger partial charge in [0.1, 0.15) is 12.0 Å². The van der Waals surface area contributed by atoms with Crippen LogP contribution in [0, 0.1) is 5.82 Å². The molecular formula is C7H8ClFN2O. The fraction of sp³-hybridized carbons (Fsp3) is 0.429. The molecule has 1 aromatic rings. The maximum atomic E-state index is 13.0. The van der Waals surface area contributed by atoms with Crippen molar-refractivity contribution in [3.05, 3.63) is 23.0 Å². The van der Waals surface area contributed by atoms with Crippen molar-refractivity contribution >= 4 is 11.6 Å². The van der Waals surface area contributed by atoms with Gasteiger partial charge in [0.25, 0.3) is 0 Å². The topological polar surface area (TPSA) is 35.0 Å². The Bertz CT molecular complexity index is 270. The van der Waals surface area contributed by atoms with Gasteiger partial charge in [0.15, 0.2) is 11.0 Å². The van der Waals surface area contributed by atoms with Crippen molar-refractivity contribution in [2.75, 3.05) is 6.61 Å². The molecule has 0 aliphatic carbocycles. The Kier molecular flexibility index (Phi) is 3.37. The summed E-state index contributed by atoms with van der Waals surface area (Å²) in [5.74, 6) is -0.604. The quantitative estimate of drug-likeness (QED) is 0.682. The summed E-state index contributed by atoms with van der Waals surface area (Å²) >= 11 is 5.41. The molecule has 0 unspecified atom stereocenters. The van der Waals surface area contributed by atoms with Gasteiger partial charge in [-0.2, -0.15) is 0 Å². The minimum absolute atomic E-state index is 0.130. The fourth-order valence-corrected chi connectivity index (χ4v) is 0.834. The van der Waals surface area contributed by atoms with Crippen molar-refractivity contribution in [3.63, 3.8) is 0 Å². The molecule has 0 amide bonds. The molecule has 0 aliphatic heterocycles. The maximum Gasteiger partial charge on any atom is 0.184 e. The van der Waals surface area contributed by atoms with Crippen molar-refractivity contribution in [1.82, 2.24) is 9.97 Å². The Balaban J connectivity index is 2.78. The first-order chi connectivity index (χ1) is 5.75. The molecule has 0 atom stereocenters. The van der Waals surface area contributed by atoms with Crippen LogP contribution in [-0.4, -0.2) is 16.6 Å². The first kappa shape index (κ1) is 9.35. The van der Waals surface area contributed by atoms with Gasteiger partial charge in [-0.05, 0) is 6.92 Å². The lowest BCUT2D eigenvalue weighted by Gasteiger charge is -2.01. The van der Waals surface area contributed by atoms with Crippen LogP contribution in [-0.2, 0) is 11.3 Å². The molecule has 1 heterocycles. The largest absolute Gasteiger partial charge is 0.375 e. The van der Waals surface area contributed by atoms with Gasteiger partial charge in [-0.15, -0.1) is 0 Å². The number of halogens is 2. The summed E-state index contributed by atoms with van der Waals surface area (Å²) in [7, 11) is 0. The first-order valence-corrected chi connectivity index (χ1v) is 3.86. The Morgan fingerprint density at radius 2 is 2.33 bits per heavy atom. The van der Waals surface area contributed by atoms with Gasteiger partial charge in [-0.3, -0.25) is 0 Å². The van der Waals surface area contributed by atoms with E-state index in [9.17, 15) is 4.39 Å². The molecule has 0 radical (unpaired) electrons. The van der Waals surface area contributed by atoms with E-state index in [1.165, 1.54) is 6.33 Å². The summed E-state index contributed by atoms with van der Waals surface area (Å²) in [6.45, 7) is 2.46. The van der Waals surface area contributed by atoms with Gasteiger partial charge in [0, 0.05) is 6.61 Å². The van der Waals surface area contributed by atoms with Gasteiger partial charge >= 0.3 is 0 Å². The summed E-state index contributed by atoms with van der Waals surface area (Å²) in [6, 6.07) is 0. The van der Waals surface area contributed by atoms with Crippen molar-refractivity contribution in [2.45, 2.75) is 13.5 Å². The Labute approximate surface area is 74.5 Å². The smallest absolute Gasteiger partial charge is 0.184 e. The van der Waals surface area contributed by atoms with Crippen LogP contribution in [0.5, 0.6) is 0 Å². The highest BCUT2D eigenvalue weighted by molar-refractivity contribution is 6.29. The SMILES string of the molecule is CCOCc1ncnc(Cl)c1F. The van der Waals surface area contributed by atoms with Gasteiger partial charge in [0.2, 0.25) is 0 Å². The van der Waals surface area contributed by atoms with Gasteiger partial charge in [-0.25, -0.2) is 14.4 Å². The van der Waals surface area contributed by atoms with Crippen LogP contribution in [0.2, 0.25) is 5.15 Å². The third-order valence-corrected chi connectivity index (χ3v) is 1.53. The molecule has 0 aliphatic rings. The van der Waals surface area contributed by atoms with Crippen molar-refractivity contribution in [3.8, 4) is 0 Å². The molecular weight excluding hydrogens is 183 g/mol. The van der Waals surface area contributed by atoms with Crippen molar-refractivity contribution in [1.29, 1.82) is 0 Å². The lowest BCUT2D eigenvalue weighted by molar-refractivity contribution is 0.128. The normalized spacial score (nSPS) is 10.2. The van der Waals surface area contributed by atoms with E-state index in [1.54, 1.807) is 0 Å². The molecule has 0 saturated carbocycles. The van der Waals surface area contributed by atoms with Crippen LogP contribution in [0.3, 0.4) is 0 Å². The van der Waals surface area contributed by atoms with E-state index in [4.69, 9.17) is 16.3 Å². The molecule has 0 saturated heterocycles. The first-order valence-electron chi connectivity index (χ1n) is 3.48. The van der Waals surface area contributed by atoms with E-state index in [2.05, 4.69) is 9.97 Å². The second-order valence-electron chi connectivity index (χ2n) is 2.06. The Morgan fingerprint density at radius 3 is 3.00 bits per heavy atom. The van der Waals surface area contributed by atoms with Crippen LogP contribution in [0.25, 0.3) is 0 Å². The summed E-state index contributed by atoms with van der Waals surface area (Å²) in [5, 5.41) is -0.167. The number of hydrogen-bond acceptors (Lipinski definition) is 3. The predicted molar refractivity (Wildman–Crippen MR) is 42.3 cm³/mol. The second kappa shape index (κ2) is 4.33. The second-order valence-corrected chi connectivity index (χ2v) is 2.42. The standard InChI is InChI=1S/C7H8ClFN2O/c1-2-12-3-5-6(9)7(8)11-4-10-5/h4H,2-3H2,1H3. The summed E-state index contributed by atoms with van der Waals surface area (Å²) < 4.78 is 18.0. The number of ether oxygens (including phenoxy) is 1. The van der Waals surface area contributed by atoms with E-state index >= 15 is 0 Å². The van der Waals surface area contributed by atoms with Gasteiger partial charge in [0.05, 0.1) is 6.61 Å². The van der Waals surface area contributed by atoms with Crippen LogP contribution >= 0.6 is 11.6 Å². The van der Waals surface area contributed by atoms with Crippen LogP contribution in [0.4, 0.5) is 4.39 Å². The molecule has 66 valence electrons. The molecule has 1 rings (SSSR count). The van der Waals surface area contributed by atoms with E-state index in [-0.39, 0.29) is 17.5 Å². The minimum Gasteiger partial charge on any atom is -0.375 e. The van der Waals surface area contributed by atoms with E-state index in [1.807, 2.05) is 6.92 Å². The molecule has 0 spiro atoms. The minimum atomic E-state index is -0.604.